The fourth-order valence-corrected chi connectivity index (χ4v) is 4.87. The summed E-state index contributed by atoms with van der Waals surface area (Å²) in [6, 6.07) is 16.6. The van der Waals surface area contributed by atoms with Crippen molar-refractivity contribution in [1.82, 2.24) is 5.32 Å². The van der Waals surface area contributed by atoms with Gasteiger partial charge >= 0.3 is 6.18 Å². The summed E-state index contributed by atoms with van der Waals surface area (Å²) < 4.78 is 55.0. The van der Waals surface area contributed by atoms with Crippen LogP contribution in [-0.2, 0) is 17.4 Å². The van der Waals surface area contributed by atoms with Crippen molar-refractivity contribution >= 4 is 33.2 Å². The Kier molecular flexibility index (Phi) is 6.39. The lowest BCUT2D eigenvalue weighted by Gasteiger charge is -2.08. The van der Waals surface area contributed by atoms with Gasteiger partial charge in [-0.05, 0) is 34.9 Å². The Balaban J connectivity index is 1.70. The quantitative estimate of drug-likeness (QED) is 0.352. The highest BCUT2D eigenvalue weighted by Crippen LogP contribution is 2.39. The second-order valence-electron chi connectivity index (χ2n) is 7.63. The molecule has 3 N–H and O–H groups in total. The Hall–Kier alpha value is -3.72. The number of carbonyl (C=O) groups is 2. The summed E-state index contributed by atoms with van der Waals surface area (Å²) >= 11 is 1.16. The topological polar surface area (TPSA) is 72.2 Å². The number of benzene rings is 3. The molecular formula is C25H18F4N2O2S. The van der Waals surface area contributed by atoms with Gasteiger partial charge in [-0.3, -0.25) is 9.59 Å². The van der Waals surface area contributed by atoms with Crippen LogP contribution in [0.5, 0.6) is 0 Å². The molecule has 1 heterocycles. The fourth-order valence-electron chi connectivity index (χ4n) is 3.62. The highest BCUT2D eigenvalue weighted by atomic mass is 32.1. The van der Waals surface area contributed by atoms with Crippen molar-refractivity contribution in [2.75, 3.05) is 6.54 Å². The molecule has 0 aliphatic rings. The lowest BCUT2D eigenvalue weighted by Crippen LogP contribution is -2.33. The molecule has 9 heteroatoms. The van der Waals surface area contributed by atoms with Crippen LogP contribution in [0.4, 0.5) is 17.6 Å². The molecule has 4 aromatic rings. The molecule has 3 aromatic carbocycles. The molecule has 0 spiro atoms. The highest BCUT2D eigenvalue weighted by molar-refractivity contribution is 7.19. The first-order chi connectivity index (χ1) is 16.1. The van der Waals surface area contributed by atoms with E-state index in [1.807, 2.05) is 0 Å². The first-order valence-corrected chi connectivity index (χ1v) is 11.0. The maximum absolute atomic E-state index is 15.2. The molecule has 0 saturated heterocycles. The molecule has 0 aliphatic heterocycles. The molecule has 0 saturated carbocycles. The number of fused-ring (bicyclic) bond motifs is 1. The average molecular weight is 486 g/mol. The number of nitrogens with one attached hydrogen (secondary N) is 1. The number of hydrogen-bond acceptors (Lipinski definition) is 3. The van der Waals surface area contributed by atoms with E-state index in [1.165, 1.54) is 12.1 Å². The third kappa shape index (κ3) is 4.94. The van der Waals surface area contributed by atoms with Crippen LogP contribution in [0.2, 0.25) is 0 Å². The molecule has 0 bridgehead atoms. The zero-order valence-electron chi connectivity index (χ0n) is 17.6. The number of thiophene rings is 1. The summed E-state index contributed by atoms with van der Waals surface area (Å²) in [7, 11) is 0. The van der Waals surface area contributed by atoms with E-state index >= 15 is 4.39 Å². The number of hydrogen-bond donors (Lipinski definition) is 2. The van der Waals surface area contributed by atoms with E-state index in [0.29, 0.717) is 37.2 Å². The maximum atomic E-state index is 15.2. The van der Waals surface area contributed by atoms with Crippen LogP contribution in [-0.4, -0.2) is 18.4 Å². The van der Waals surface area contributed by atoms with Crippen molar-refractivity contribution < 1.29 is 27.2 Å². The third-order valence-electron chi connectivity index (χ3n) is 5.20. The van der Waals surface area contributed by atoms with Crippen molar-refractivity contribution in [2.45, 2.75) is 12.6 Å². The molecule has 4 nitrogen and oxygen atoms in total. The van der Waals surface area contributed by atoms with Gasteiger partial charge in [-0.1, -0.05) is 48.5 Å². The van der Waals surface area contributed by atoms with Gasteiger partial charge in [-0.2, -0.15) is 13.2 Å². The number of alkyl halides is 3. The maximum Gasteiger partial charge on any atom is 0.416 e. The third-order valence-corrected chi connectivity index (χ3v) is 6.41. The molecule has 0 radical (unpaired) electrons. The van der Waals surface area contributed by atoms with Crippen molar-refractivity contribution in [3.63, 3.8) is 0 Å². The lowest BCUT2D eigenvalue weighted by atomic mass is 10.0. The van der Waals surface area contributed by atoms with Gasteiger partial charge in [0.2, 0.25) is 5.91 Å². The molecule has 2 amide bonds. The minimum absolute atomic E-state index is 0.0180. The van der Waals surface area contributed by atoms with Crippen LogP contribution >= 0.6 is 11.3 Å². The van der Waals surface area contributed by atoms with E-state index in [1.54, 1.807) is 42.5 Å². The first-order valence-electron chi connectivity index (χ1n) is 10.2. The summed E-state index contributed by atoms with van der Waals surface area (Å²) in [5.74, 6) is -1.62. The van der Waals surface area contributed by atoms with Gasteiger partial charge in [-0.25, -0.2) is 4.39 Å². The number of amides is 2. The van der Waals surface area contributed by atoms with E-state index in [9.17, 15) is 22.8 Å². The molecule has 0 unspecified atom stereocenters. The first kappa shape index (κ1) is 23.4. The predicted octanol–water partition coefficient (Wildman–Crippen LogP) is 5.53. The van der Waals surface area contributed by atoms with Gasteiger partial charge in [0.25, 0.3) is 5.91 Å². The molecular weight excluding hydrogens is 468 g/mol. The minimum Gasteiger partial charge on any atom is -0.368 e. The number of halogens is 4. The second-order valence-corrected chi connectivity index (χ2v) is 8.73. The van der Waals surface area contributed by atoms with E-state index in [-0.39, 0.29) is 13.0 Å². The van der Waals surface area contributed by atoms with Gasteiger partial charge in [-0.15, -0.1) is 11.3 Å². The monoisotopic (exact) mass is 486 g/mol. The van der Waals surface area contributed by atoms with Crippen LogP contribution < -0.4 is 11.1 Å². The van der Waals surface area contributed by atoms with Gasteiger partial charge in [0.1, 0.15) is 5.82 Å². The zero-order valence-corrected chi connectivity index (χ0v) is 18.4. The number of nitrogens with two attached hydrogens (primary N) is 1. The SMILES string of the molecule is NC(=O)CNC(=O)c1cccc(-c2cccc3c(F)c(Cc4cccc(C(F)(F)F)c4)sc23)c1. The summed E-state index contributed by atoms with van der Waals surface area (Å²) in [6.07, 6.45) is -4.46. The second kappa shape index (κ2) is 9.26. The molecule has 1 aromatic heterocycles. The van der Waals surface area contributed by atoms with Crippen molar-refractivity contribution in [2.24, 2.45) is 5.73 Å². The van der Waals surface area contributed by atoms with Crippen LogP contribution in [0.1, 0.15) is 26.4 Å². The number of primary amides is 1. The smallest absolute Gasteiger partial charge is 0.368 e. The Bertz CT molecular complexity index is 1400. The number of rotatable bonds is 6. The molecule has 34 heavy (non-hydrogen) atoms. The van der Waals surface area contributed by atoms with E-state index in [0.717, 1.165) is 23.5 Å². The van der Waals surface area contributed by atoms with Crippen molar-refractivity contribution in [3.05, 3.63) is 94.1 Å². The molecule has 0 aliphatic carbocycles. The number of carbonyl (C=O) groups excluding carboxylic acids is 2. The van der Waals surface area contributed by atoms with Gasteiger partial charge in [0.05, 0.1) is 12.1 Å². The van der Waals surface area contributed by atoms with E-state index < -0.39 is 29.4 Å². The van der Waals surface area contributed by atoms with E-state index in [2.05, 4.69) is 5.32 Å². The van der Waals surface area contributed by atoms with Gasteiger partial charge in [0.15, 0.2) is 0 Å². The van der Waals surface area contributed by atoms with Crippen molar-refractivity contribution in [1.29, 1.82) is 0 Å². The summed E-state index contributed by atoms with van der Waals surface area (Å²) in [6.45, 7) is -0.298. The average Bonchev–Trinajstić information content (AvgIpc) is 3.12. The Morgan fingerprint density at radius 3 is 2.44 bits per heavy atom. The van der Waals surface area contributed by atoms with Crippen molar-refractivity contribution in [3.8, 4) is 11.1 Å². The summed E-state index contributed by atoms with van der Waals surface area (Å²) in [4.78, 5) is 23.5. The zero-order chi connectivity index (χ0) is 24.5. The highest BCUT2D eigenvalue weighted by Gasteiger charge is 2.30. The predicted molar refractivity (Wildman–Crippen MR) is 123 cm³/mol. The normalized spacial score (nSPS) is 11.5. The van der Waals surface area contributed by atoms with Crippen LogP contribution in [0.25, 0.3) is 21.2 Å². The van der Waals surface area contributed by atoms with Crippen LogP contribution in [0.15, 0.2) is 66.7 Å². The van der Waals surface area contributed by atoms with Crippen LogP contribution in [0.3, 0.4) is 0 Å². The van der Waals surface area contributed by atoms with Gasteiger partial charge < -0.3 is 11.1 Å². The fraction of sp³-hybridized carbons (Fsp3) is 0.120. The lowest BCUT2D eigenvalue weighted by molar-refractivity contribution is -0.137. The molecule has 0 fully saturated rings. The largest absolute Gasteiger partial charge is 0.416 e. The summed E-state index contributed by atoms with van der Waals surface area (Å²) in [5.41, 5.74) is 6.28. The Morgan fingerprint density at radius 1 is 0.971 bits per heavy atom. The molecule has 4 rings (SSSR count). The van der Waals surface area contributed by atoms with E-state index in [4.69, 9.17) is 5.73 Å². The molecule has 174 valence electrons. The van der Waals surface area contributed by atoms with Crippen LogP contribution in [0, 0.1) is 5.82 Å². The Morgan fingerprint density at radius 2 is 1.71 bits per heavy atom. The Labute approximate surface area is 196 Å². The standard InChI is InChI=1S/C25H18F4N2O2S/c26-22-19-9-3-8-18(15-5-2-6-16(12-15)24(33)31-13-21(30)32)23(19)34-20(22)11-14-4-1-7-17(10-14)25(27,28)29/h1-10,12H,11,13H2,(H2,30,32)(H,31,33). The van der Waals surface area contributed by atoms with Gasteiger partial charge in [0, 0.05) is 26.9 Å². The molecule has 0 atom stereocenters. The minimum atomic E-state index is -4.48. The summed E-state index contributed by atoms with van der Waals surface area (Å²) in [5, 5.41) is 2.77.